The second kappa shape index (κ2) is 13.2. The summed E-state index contributed by atoms with van der Waals surface area (Å²) in [5.74, 6) is -3.90. The summed E-state index contributed by atoms with van der Waals surface area (Å²) in [6.45, 7) is 12.3. The molecule has 0 radical (unpaired) electrons. The SMILES string of the molecule is C/C=C(/C)C(=O)O[C@@H]1[C@@H](O)[C@@H](OC(=O)C(C)C)[C@@H](OC(=O)/C(C)=C\C)[C@H](O)[C@H]1OC(=O)/C(C)=C\C. The van der Waals surface area contributed by atoms with E-state index in [1.165, 1.54) is 39.0 Å². The van der Waals surface area contributed by atoms with Crippen LogP contribution in [0.15, 0.2) is 34.9 Å². The van der Waals surface area contributed by atoms with E-state index in [2.05, 4.69) is 0 Å². The van der Waals surface area contributed by atoms with Crippen LogP contribution >= 0.6 is 0 Å². The van der Waals surface area contributed by atoms with Crippen LogP contribution in [0, 0.1) is 5.92 Å². The molecule has 35 heavy (non-hydrogen) atoms. The van der Waals surface area contributed by atoms with E-state index in [0.717, 1.165) is 0 Å². The standard InChI is InChI=1S/C25H36O10/c1-9-13(6)23(29)33-19-17(27)21(35-25(31)15(8)11-3)20(34-24(30)14(7)10-2)16(26)18(19)32-22(28)12(4)5/h9-12,16-21,26-27H,1-8H3/b13-9-,14-10-,15-11-/t16-,17-,18+,19-,20+,21+/m0/s1. The van der Waals surface area contributed by atoms with Gasteiger partial charge in [0.25, 0.3) is 0 Å². The summed E-state index contributed by atoms with van der Waals surface area (Å²) in [7, 11) is 0. The second-order valence-corrected chi connectivity index (χ2v) is 8.56. The lowest BCUT2D eigenvalue weighted by atomic mass is 9.84. The van der Waals surface area contributed by atoms with Gasteiger partial charge in [0.15, 0.2) is 24.4 Å². The van der Waals surface area contributed by atoms with Crippen LogP contribution in [0.1, 0.15) is 55.4 Å². The molecule has 2 N–H and O–H groups in total. The predicted octanol–water partition coefficient (Wildman–Crippen LogP) is 1.92. The summed E-state index contributed by atoms with van der Waals surface area (Å²) in [6, 6.07) is 0. The summed E-state index contributed by atoms with van der Waals surface area (Å²) in [4.78, 5) is 49.9. The number of hydrogen-bond acceptors (Lipinski definition) is 10. The van der Waals surface area contributed by atoms with Gasteiger partial charge in [-0.15, -0.1) is 0 Å². The Balaban J connectivity index is 3.55. The molecular weight excluding hydrogens is 460 g/mol. The third kappa shape index (κ3) is 7.50. The van der Waals surface area contributed by atoms with Gasteiger partial charge in [-0.1, -0.05) is 32.1 Å². The van der Waals surface area contributed by atoms with Crippen LogP contribution in [0.25, 0.3) is 0 Å². The maximum Gasteiger partial charge on any atom is 0.333 e. The average Bonchev–Trinajstić information content (AvgIpc) is 2.83. The van der Waals surface area contributed by atoms with E-state index in [0.29, 0.717) is 0 Å². The number of aliphatic hydroxyl groups is 2. The maximum atomic E-state index is 12.5. The minimum Gasteiger partial charge on any atom is -0.455 e. The molecule has 0 aliphatic heterocycles. The lowest BCUT2D eigenvalue weighted by Crippen LogP contribution is -2.67. The summed E-state index contributed by atoms with van der Waals surface area (Å²) in [6.07, 6.45) is -5.72. The molecule has 6 atom stereocenters. The van der Waals surface area contributed by atoms with Crippen molar-refractivity contribution in [2.24, 2.45) is 5.92 Å². The zero-order valence-electron chi connectivity index (χ0n) is 21.4. The molecule has 0 aromatic rings. The minimum absolute atomic E-state index is 0.188. The van der Waals surface area contributed by atoms with E-state index < -0.39 is 66.4 Å². The lowest BCUT2D eigenvalue weighted by Gasteiger charge is -2.45. The Morgan fingerprint density at radius 3 is 1.09 bits per heavy atom. The topological polar surface area (TPSA) is 146 Å². The molecule has 0 spiro atoms. The summed E-state index contributed by atoms with van der Waals surface area (Å²) in [5, 5.41) is 22.3. The van der Waals surface area contributed by atoms with Crippen molar-refractivity contribution in [3.63, 3.8) is 0 Å². The molecule has 1 fully saturated rings. The van der Waals surface area contributed by atoms with Gasteiger partial charge >= 0.3 is 23.9 Å². The van der Waals surface area contributed by atoms with Gasteiger partial charge < -0.3 is 29.2 Å². The van der Waals surface area contributed by atoms with Crippen LogP contribution in [0.3, 0.4) is 0 Å². The lowest BCUT2D eigenvalue weighted by molar-refractivity contribution is -0.251. The highest BCUT2D eigenvalue weighted by Gasteiger charge is 2.57. The van der Waals surface area contributed by atoms with Crippen LogP contribution in [0.5, 0.6) is 0 Å². The van der Waals surface area contributed by atoms with Crippen molar-refractivity contribution in [3.8, 4) is 0 Å². The normalized spacial score (nSPS) is 27.8. The van der Waals surface area contributed by atoms with Crippen molar-refractivity contribution < 1.29 is 48.3 Å². The molecule has 1 saturated carbocycles. The van der Waals surface area contributed by atoms with E-state index >= 15 is 0 Å². The van der Waals surface area contributed by atoms with E-state index in [1.54, 1.807) is 34.6 Å². The molecule has 0 aromatic carbocycles. The van der Waals surface area contributed by atoms with Gasteiger partial charge in [0.1, 0.15) is 12.2 Å². The number of ether oxygens (including phenoxy) is 4. The second-order valence-electron chi connectivity index (χ2n) is 8.56. The van der Waals surface area contributed by atoms with E-state index in [-0.39, 0.29) is 16.7 Å². The highest BCUT2D eigenvalue weighted by molar-refractivity contribution is 5.89. The highest BCUT2D eigenvalue weighted by Crippen LogP contribution is 2.32. The summed E-state index contributed by atoms with van der Waals surface area (Å²) in [5.41, 5.74) is 0.568. The van der Waals surface area contributed by atoms with Crippen molar-refractivity contribution in [2.45, 2.75) is 92.0 Å². The number of esters is 4. The summed E-state index contributed by atoms with van der Waals surface area (Å²) < 4.78 is 21.6. The Kier molecular flexibility index (Phi) is 11.3. The fraction of sp³-hybridized carbons (Fsp3) is 0.600. The van der Waals surface area contributed by atoms with E-state index in [4.69, 9.17) is 18.9 Å². The Bertz CT molecular complexity index is 898. The van der Waals surface area contributed by atoms with Crippen LogP contribution in [0.2, 0.25) is 0 Å². The fourth-order valence-electron chi connectivity index (χ4n) is 2.97. The molecule has 0 bridgehead atoms. The number of allylic oxidation sites excluding steroid dienone is 3. The largest absolute Gasteiger partial charge is 0.455 e. The highest BCUT2D eigenvalue weighted by atomic mass is 16.6. The zero-order chi connectivity index (χ0) is 27.0. The minimum atomic E-state index is -1.81. The van der Waals surface area contributed by atoms with Gasteiger partial charge in [-0.05, 0) is 41.5 Å². The van der Waals surface area contributed by atoms with Crippen LogP contribution in [-0.4, -0.2) is 70.7 Å². The molecule has 0 aromatic heterocycles. The van der Waals surface area contributed by atoms with Crippen molar-refractivity contribution in [1.29, 1.82) is 0 Å². The van der Waals surface area contributed by atoms with Crippen molar-refractivity contribution >= 4 is 23.9 Å². The predicted molar refractivity (Wildman–Crippen MR) is 125 cm³/mol. The number of hydrogen-bond donors (Lipinski definition) is 2. The number of aliphatic hydroxyl groups excluding tert-OH is 2. The molecule has 0 saturated heterocycles. The van der Waals surface area contributed by atoms with E-state index in [1.807, 2.05) is 0 Å². The Hall–Kier alpha value is -2.98. The first-order chi connectivity index (χ1) is 16.3. The first-order valence-electron chi connectivity index (χ1n) is 11.4. The number of carbonyl (C=O) groups excluding carboxylic acids is 4. The van der Waals surface area contributed by atoms with Gasteiger partial charge in [-0.3, -0.25) is 4.79 Å². The monoisotopic (exact) mass is 496 g/mol. The molecule has 1 aliphatic rings. The molecule has 1 aliphatic carbocycles. The Morgan fingerprint density at radius 2 is 0.857 bits per heavy atom. The molecular formula is C25H36O10. The number of rotatable bonds is 8. The van der Waals surface area contributed by atoms with Crippen LogP contribution in [-0.2, 0) is 38.1 Å². The third-order valence-electron chi connectivity index (χ3n) is 5.71. The quantitative estimate of drug-likeness (QED) is 0.290. The summed E-state index contributed by atoms with van der Waals surface area (Å²) >= 11 is 0. The average molecular weight is 497 g/mol. The molecule has 0 amide bonds. The van der Waals surface area contributed by atoms with Crippen molar-refractivity contribution in [2.75, 3.05) is 0 Å². The van der Waals surface area contributed by atoms with E-state index in [9.17, 15) is 29.4 Å². The molecule has 10 heteroatoms. The first kappa shape index (κ1) is 30.1. The maximum absolute atomic E-state index is 12.5. The number of carbonyl (C=O) groups is 4. The van der Waals surface area contributed by atoms with Gasteiger partial charge in [0, 0.05) is 16.7 Å². The first-order valence-corrected chi connectivity index (χ1v) is 11.4. The smallest absolute Gasteiger partial charge is 0.333 e. The van der Waals surface area contributed by atoms with Gasteiger partial charge in [-0.2, -0.15) is 0 Å². The molecule has 0 heterocycles. The van der Waals surface area contributed by atoms with Crippen LogP contribution < -0.4 is 0 Å². The molecule has 1 rings (SSSR count). The van der Waals surface area contributed by atoms with Crippen molar-refractivity contribution in [3.05, 3.63) is 34.9 Å². The Morgan fingerprint density at radius 1 is 0.600 bits per heavy atom. The van der Waals surface area contributed by atoms with Gasteiger partial charge in [-0.25, -0.2) is 14.4 Å². The van der Waals surface area contributed by atoms with Crippen molar-refractivity contribution in [1.82, 2.24) is 0 Å². The van der Waals surface area contributed by atoms with Gasteiger partial charge in [0.2, 0.25) is 0 Å². The third-order valence-corrected chi connectivity index (χ3v) is 5.71. The Labute approximate surface area is 205 Å². The van der Waals surface area contributed by atoms with Gasteiger partial charge in [0.05, 0.1) is 5.92 Å². The molecule has 10 nitrogen and oxygen atoms in total. The van der Waals surface area contributed by atoms with Crippen LogP contribution in [0.4, 0.5) is 0 Å². The fourth-order valence-corrected chi connectivity index (χ4v) is 2.97. The molecule has 196 valence electrons. The molecule has 0 unspecified atom stereocenters. The zero-order valence-corrected chi connectivity index (χ0v) is 21.4.